The van der Waals surface area contributed by atoms with E-state index in [1.54, 1.807) is 38.1 Å². The minimum Gasteiger partial charge on any atom is -0.469 e. The van der Waals surface area contributed by atoms with Crippen molar-refractivity contribution in [3.63, 3.8) is 0 Å². The Morgan fingerprint density at radius 2 is 1.61 bits per heavy atom. The molecule has 0 saturated heterocycles. The van der Waals surface area contributed by atoms with E-state index in [2.05, 4.69) is 10.1 Å². The average molecular weight is 610 g/mol. The predicted molar refractivity (Wildman–Crippen MR) is 156 cm³/mol. The van der Waals surface area contributed by atoms with Crippen molar-refractivity contribution in [2.75, 3.05) is 21.3 Å². The van der Waals surface area contributed by atoms with Gasteiger partial charge in [-0.3, -0.25) is 9.59 Å². The van der Waals surface area contributed by atoms with E-state index >= 15 is 0 Å². The number of ether oxygens (including phenoxy) is 2. The number of amides is 3. The predicted octanol–water partition coefficient (Wildman–Crippen LogP) is 3.71. The summed E-state index contributed by atoms with van der Waals surface area (Å²) in [5.41, 5.74) is 1.74. The van der Waals surface area contributed by atoms with E-state index in [1.165, 1.54) is 26.2 Å². The van der Waals surface area contributed by atoms with Gasteiger partial charge >= 0.3 is 18.0 Å². The molecule has 1 heterocycles. The zero-order chi connectivity index (χ0) is 30.9. The van der Waals surface area contributed by atoms with Gasteiger partial charge in [-0.05, 0) is 35.4 Å². The van der Waals surface area contributed by atoms with Crippen LogP contribution in [0.5, 0.6) is 0 Å². The normalized spacial score (nSPS) is 12.1. The molecule has 2 rings (SSSR count). The fourth-order valence-electron chi connectivity index (χ4n) is 4.21. The maximum atomic E-state index is 13.2. The molecule has 0 radical (unpaired) electrons. The molecule has 0 spiro atoms. The van der Waals surface area contributed by atoms with Crippen LogP contribution in [0, 0.1) is 11.8 Å². The van der Waals surface area contributed by atoms with Crippen LogP contribution in [0.4, 0.5) is 4.79 Å². The highest BCUT2D eigenvalue weighted by Gasteiger charge is 2.33. The van der Waals surface area contributed by atoms with Gasteiger partial charge in [0.1, 0.15) is 10.3 Å². The summed E-state index contributed by atoms with van der Waals surface area (Å²) in [5.74, 6) is -1.50. The Bertz CT molecular complexity index is 1330. The zero-order valence-corrected chi connectivity index (χ0v) is 26.1. The molecular formula is C28H39N3O8S2. The monoisotopic (exact) mass is 609 g/mol. The number of hydrogen-bond acceptors (Lipinski definition) is 9. The number of rotatable bonds is 13. The Morgan fingerprint density at radius 3 is 2.12 bits per heavy atom. The zero-order valence-electron chi connectivity index (χ0n) is 24.5. The topological polar surface area (TPSA) is 148 Å². The fourth-order valence-corrected chi connectivity index (χ4v) is 7.12. The van der Waals surface area contributed by atoms with Crippen molar-refractivity contribution in [2.45, 2.75) is 63.8 Å². The van der Waals surface area contributed by atoms with Gasteiger partial charge in [0.25, 0.3) is 10.0 Å². The summed E-state index contributed by atoms with van der Waals surface area (Å²) < 4.78 is 37.8. The highest BCUT2D eigenvalue weighted by molar-refractivity contribution is 7.92. The number of nitrogens with one attached hydrogen (secondary N) is 2. The van der Waals surface area contributed by atoms with Crippen molar-refractivity contribution in [1.29, 1.82) is 0 Å². The summed E-state index contributed by atoms with van der Waals surface area (Å²) in [4.78, 5) is 51.5. The third-order valence-electron chi connectivity index (χ3n) is 6.18. The van der Waals surface area contributed by atoms with Crippen LogP contribution in [0.2, 0.25) is 0 Å². The van der Waals surface area contributed by atoms with Crippen LogP contribution in [0.15, 0.2) is 34.5 Å². The SMILES string of the molecule is CNC(=O)NS(=O)(=O)c1sc(CC(C)C)cc1-c1ccc(CN(C(=O)CCC(=O)OC)[C@H](C(=O)OC)C(C)C)cc1. The number of nitrogens with zero attached hydrogens (tertiary/aromatic N) is 1. The molecular weight excluding hydrogens is 570 g/mol. The summed E-state index contributed by atoms with van der Waals surface area (Å²) in [6, 6.07) is 7.04. The Kier molecular flexibility index (Phi) is 12.3. The number of carbonyl (C=O) groups excluding carboxylic acids is 4. The van der Waals surface area contributed by atoms with Crippen LogP contribution in [-0.2, 0) is 46.8 Å². The van der Waals surface area contributed by atoms with E-state index in [-0.39, 0.29) is 35.4 Å². The highest BCUT2D eigenvalue weighted by Crippen LogP contribution is 2.36. The average Bonchev–Trinajstić information content (AvgIpc) is 3.34. The van der Waals surface area contributed by atoms with Crippen LogP contribution >= 0.6 is 11.3 Å². The van der Waals surface area contributed by atoms with Crippen LogP contribution in [0.25, 0.3) is 11.1 Å². The summed E-state index contributed by atoms with van der Waals surface area (Å²) in [6.45, 7) is 7.71. The second kappa shape index (κ2) is 15.0. The molecule has 1 aromatic carbocycles. The van der Waals surface area contributed by atoms with Gasteiger partial charge in [-0.15, -0.1) is 11.3 Å². The van der Waals surface area contributed by atoms with Gasteiger partial charge in [0.05, 0.1) is 20.6 Å². The summed E-state index contributed by atoms with van der Waals surface area (Å²) in [6.07, 6.45) is 0.394. The van der Waals surface area contributed by atoms with Crippen molar-refractivity contribution in [2.24, 2.45) is 11.8 Å². The number of thiophene rings is 1. The molecule has 1 aromatic heterocycles. The van der Waals surface area contributed by atoms with Crippen LogP contribution < -0.4 is 10.0 Å². The van der Waals surface area contributed by atoms with E-state index in [4.69, 9.17) is 4.74 Å². The van der Waals surface area contributed by atoms with E-state index in [0.717, 1.165) is 16.2 Å². The minimum atomic E-state index is -4.14. The third-order valence-corrected chi connectivity index (χ3v) is 9.20. The Balaban J connectivity index is 2.47. The second-order valence-electron chi connectivity index (χ2n) is 10.2. The molecule has 2 aromatic rings. The molecule has 2 N–H and O–H groups in total. The molecule has 41 heavy (non-hydrogen) atoms. The Hall–Kier alpha value is -3.45. The van der Waals surface area contributed by atoms with Crippen molar-refractivity contribution in [1.82, 2.24) is 14.9 Å². The third kappa shape index (κ3) is 9.28. The Labute approximate surface area is 245 Å². The maximum absolute atomic E-state index is 13.2. The first-order valence-electron chi connectivity index (χ1n) is 13.1. The summed E-state index contributed by atoms with van der Waals surface area (Å²) in [7, 11) is -0.319. The molecule has 11 nitrogen and oxygen atoms in total. The first-order chi connectivity index (χ1) is 19.2. The first-order valence-corrected chi connectivity index (χ1v) is 15.4. The van der Waals surface area contributed by atoms with Crippen molar-refractivity contribution < 1.29 is 37.1 Å². The minimum absolute atomic E-state index is 0.0228. The van der Waals surface area contributed by atoms with Gasteiger partial charge in [0.2, 0.25) is 5.91 Å². The number of hydrogen-bond donors (Lipinski definition) is 2. The molecule has 0 aliphatic carbocycles. The molecule has 3 amide bonds. The number of methoxy groups -OCH3 is 2. The number of sulfonamides is 1. The van der Waals surface area contributed by atoms with Crippen LogP contribution in [0.1, 0.15) is 51.0 Å². The van der Waals surface area contributed by atoms with Crippen molar-refractivity contribution >= 4 is 45.2 Å². The van der Waals surface area contributed by atoms with E-state index in [9.17, 15) is 27.6 Å². The lowest BCUT2D eigenvalue weighted by Crippen LogP contribution is -2.48. The molecule has 0 saturated carbocycles. The number of urea groups is 1. The van der Waals surface area contributed by atoms with Crippen molar-refractivity contribution in [3.05, 3.63) is 40.8 Å². The molecule has 0 fully saturated rings. The lowest BCUT2D eigenvalue weighted by molar-refractivity contribution is -0.156. The summed E-state index contributed by atoms with van der Waals surface area (Å²) >= 11 is 1.11. The van der Waals surface area contributed by atoms with Gasteiger partial charge in [-0.25, -0.2) is 22.7 Å². The largest absolute Gasteiger partial charge is 0.469 e. The smallest absolute Gasteiger partial charge is 0.328 e. The standard InChI is InChI=1S/C28H39N3O8S2/c1-17(2)14-21-15-22(27(40-21)41(36,37)30-28(35)29-5)20-10-8-19(9-11-20)16-31(23(32)12-13-24(33)38-6)25(18(3)4)26(34)39-7/h8-11,15,17-18,25H,12-14,16H2,1-7H3,(H2,29,30,35)/t25-/m0/s1. The Morgan fingerprint density at radius 1 is 0.976 bits per heavy atom. The molecule has 0 aliphatic heterocycles. The number of esters is 2. The maximum Gasteiger partial charge on any atom is 0.328 e. The molecule has 0 aliphatic rings. The number of carbonyl (C=O) groups is 4. The molecule has 226 valence electrons. The highest BCUT2D eigenvalue weighted by atomic mass is 32.2. The van der Waals surface area contributed by atoms with Gasteiger partial charge in [-0.1, -0.05) is 52.0 Å². The van der Waals surface area contributed by atoms with Gasteiger partial charge in [-0.2, -0.15) is 0 Å². The van der Waals surface area contributed by atoms with E-state index in [0.29, 0.717) is 23.1 Å². The van der Waals surface area contributed by atoms with Crippen molar-refractivity contribution in [3.8, 4) is 11.1 Å². The first kappa shape index (κ1) is 33.8. The second-order valence-corrected chi connectivity index (χ2v) is 13.2. The lowest BCUT2D eigenvalue weighted by atomic mass is 10.00. The van der Waals surface area contributed by atoms with Crippen LogP contribution in [-0.4, -0.2) is 64.5 Å². The quantitative estimate of drug-likeness (QED) is 0.327. The molecule has 13 heteroatoms. The number of benzene rings is 1. The molecule has 0 unspecified atom stereocenters. The summed E-state index contributed by atoms with van der Waals surface area (Å²) in [5, 5.41) is 2.26. The van der Waals surface area contributed by atoms with E-state index in [1.807, 2.05) is 24.6 Å². The van der Waals surface area contributed by atoms with Gasteiger partial charge < -0.3 is 19.7 Å². The fraction of sp³-hybridized carbons (Fsp3) is 0.500. The van der Waals surface area contributed by atoms with Crippen LogP contribution in [0.3, 0.4) is 0 Å². The van der Waals surface area contributed by atoms with Gasteiger partial charge in [0, 0.05) is 30.5 Å². The van der Waals surface area contributed by atoms with Gasteiger partial charge in [0.15, 0.2) is 0 Å². The van der Waals surface area contributed by atoms with E-state index < -0.39 is 39.9 Å². The molecule has 1 atom stereocenters. The molecule has 0 bridgehead atoms. The lowest BCUT2D eigenvalue weighted by Gasteiger charge is -2.32.